The highest BCUT2D eigenvalue weighted by atomic mass is 19.1. The van der Waals surface area contributed by atoms with Gasteiger partial charge in [0.2, 0.25) is 5.95 Å². The third-order valence-electron chi connectivity index (χ3n) is 6.37. The molecule has 5 rings (SSSR count). The second-order valence-corrected chi connectivity index (χ2v) is 8.25. The summed E-state index contributed by atoms with van der Waals surface area (Å²) in [5, 5.41) is 0. The molecule has 1 atom stereocenters. The number of fused-ring (bicyclic) bond motifs is 1. The quantitative estimate of drug-likeness (QED) is 0.624. The molecule has 0 amide bonds. The first kappa shape index (κ1) is 20.4. The summed E-state index contributed by atoms with van der Waals surface area (Å²) in [5.74, 6) is 1.01. The molecule has 7 heteroatoms. The molecule has 0 spiro atoms. The summed E-state index contributed by atoms with van der Waals surface area (Å²) in [5.41, 5.74) is 3.03. The van der Waals surface area contributed by atoms with Gasteiger partial charge in [-0.25, -0.2) is 14.4 Å². The molecule has 2 heterocycles. The van der Waals surface area contributed by atoms with Crippen molar-refractivity contribution in [3.8, 4) is 5.75 Å². The molecule has 2 aromatic carbocycles. The lowest BCUT2D eigenvalue weighted by atomic mass is 9.82. The predicted molar refractivity (Wildman–Crippen MR) is 121 cm³/mol. The average molecular weight is 432 g/mol. The van der Waals surface area contributed by atoms with Crippen molar-refractivity contribution in [3.05, 3.63) is 77.4 Å². The fourth-order valence-corrected chi connectivity index (χ4v) is 4.57. The molecule has 0 radical (unpaired) electrons. The molecule has 1 unspecified atom stereocenters. The number of methoxy groups -OCH3 is 1. The van der Waals surface area contributed by atoms with Crippen LogP contribution in [0.3, 0.4) is 0 Å². The number of benzene rings is 2. The maximum Gasteiger partial charge on any atom is 0.225 e. The van der Waals surface area contributed by atoms with E-state index >= 15 is 0 Å². The van der Waals surface area contributed by atoms with Gasteiger partial charge < -0.3 is 14.5 Å². The SMILES string of the molecule is COc1ccc(N2CCN(c3ncc4c(n3)CC(c3ccccc3F)CC4=O)CC2)cc1. The van der Waals surface area contributed by atoms with Crippen LogP contribution in [-0.2, 0) is 6.42 Å². The zero-order chi connectivity index (χ0) is 22.1. The summed E-state index contributed by atoms with van der Waals surface area (Å²) in [6, 6.07) is 14.8. The van der Waals surface area contributed by atoms with Gasteiger partial charge in [-0.15, -0.1) is 0 Å². The van der Waals surface area contributed by atoms with Gasteiger partial charge in [0, 0.05) is 44.5 Å². The Labute approximate surface area is 186 Å². The maximum absolute atomic E-state index is 14.3. The number of carbonyl (C=O) groups is 1. The number of halogens is 1. The number of carbonyl (C=O) groups excluding carboxylic acids is 1. The van der Waals surface area contributed by atoms with Crippen LogP contribution in [-0.4, -0.2) is 49.0 Å². The fourth-order valence-electron chi connectivity index (χ4n) is 4.57. The number of nitrogens with zero attached hydrogens (tertiary/aromatic N) is 4. The molecule has 1 aliphatic heterocycles. The van der Waals surface area contributed by atoms with Crippen LogP contribution in [0.25, 0.3) is 0 Å². The molecular weight excluding hydrogens is 407 g/mol. The molecule has 1 saturated heterocycles. The predicted octanol–water partition coefficient (Wildman–Crippen LogP) is 3.86. The number of hydrogen-bond donors (Lipinski definition) is 0. The number of ketones is 1. The molecule has 0 saturated carbocycles. The Balaban J connectivity index is 1.31. The van der Waals surface area contributed by atoms with Crippen LogP contribution in [0.1, 0.15) is 34.0 Å². The van der Waals surface area contributed by atoms with Crippen molar-refractivity contribution in [1.82, 2.24) is 9.97 Å². The Morgan fingerprint density at radius 1 is 0.969 bits per heavy atom. The van der Waals surface area contributed by atoms with Gasteiger partial charge in [-0.2, -0.15) is 0 Å². The minimum atomic E-state index is -0.266. The van der Waals surface area contributed by atoms with Crippen LogP contribution < -0.4 is 14.5 Å². The molecule has 3 aromatic rings. The molecule has 1 fully saturated rings. The standard InChI is InChI=1S/C25H25FN4O2/c1-32-19-8-6-18(7-9-19)29-10-12-30(13-11-29)25-27-16-21-23(28-25)14-17(15-24(21)31)20-4-2-3-5-22(20)26/h2-9,16-17H,10-15H2,1H3. The summed E-state index contributed by atoms with van der Waals surface area (Å²) in [6.45, 7) is 3.28. The second kappa shape index (κ2) is 8.57. The van der Waals surface area contributed by atoms with Crippen molar-refractivity contribution in [2.24, 2.45) is 0 Å². The lowest BCUT2D eigenvalue weighted by Crippen LogP contribution is -2.47. The van der Waals surface area contributed by atoms with E-state index in [0.717, 1.165) is 43.3 Å². The number of ether oxygens (including phenoxy) is 1. The number of aromatic nitrogens is 2. The second-order valence-electron chi connectivity index (χ2n) is 8.25. The van der Waals surface area contributed by atoms with E-state index in [0.29, 0.717) is 23.5 Å². The van der Waals surface area contributed by atoms with Gasteiger partial charge in [-0.05, 0) is 48.2 Å². The first-order valence-corrected chi connectivity index (χ1v) is 10.9. The number of rotatable bonds is 4. The molecule has 0 bridgehead atoms. The normalized spacial score (nSPS) is 18.4. The molecule has 1 aromatic heterocycles. The highest BCUT2D eigenvalue weighted by molar-refractivity contribution is 5.98. The van der Waals surface area contributed by atoms with Crippen LogP contribution in [0.4, 0.5) is 16.0 Å². The summed E-state index contributed by atoms with van der Waals surface area (Å²) in [7, 11) is 1.67. The van der Waals surface area contributed by atoms with Gasteiger partial charge in [0.1, 0.15) is 11.6 Å². The van der Waals surface area contributed by atoms with Gasteiger partial charge in [0.05, 0.1) is 18.4 Å². The Morgan fingerprint density at radius 2 is 1.69 bits per heavy atom. The van der Waals surface area contributed by atoms with E-state index in [1.54, 1.807) is 25.4 Å². The molecule has 32 heavy (non-hydrogen) atoms. The largest absolute Gasteiger partial charge is 0.497 e. The number of hydrogen-bond acceptors (Lipinski definition) is 6. The maximum atomic E-state index is 14.3. The Kier molecular flexibility index (Phi) is 5.47. The summed E-state index contributed by atoms with van der Waals surface area (Å²) >= 11 is 0. The Bertz CT molecular complexity index is 1130. The van der Waals surface area contributed by atoms with Crippen LogP contribution in [0.15, 0.2) is 54.7 Å². The van der Waals surface area contributed by atoms with E-state index in [1.807, 2.05) is 18.2 Å². The van der Waals surface area contributed by atoms with E-state index in [-0.39, 0.29) is 23.9 Å². The van der Waals surface area contributed by atoms with Crippen molar-refractivity contribution in [2.45, 2.75) is 18.8 Å². The highest BCUT2D eigenvalue weighted by Crippen LogP contribution is 2.33. The van der Waals surface area contributed by atoms with Crippen LogP contribution in [0.2, 0.25) is 0 Å². The molecule has 2 aliphatic rings. The number of piperazine rings is 1. The van der Waals surface area contributed by atoms with Crippen molar-refractivity contribution in [1.29, 1.82) is 0 Å². The smallest absolute Gasteiger partial charge is 0.225 e. The lowest BCUT2D eigenvalue weighted by molar-refractivity contribution is 0.0962. The first-order valence-electron chi connectivity index (χ1n) is 10.9. The Hall–Kier alpha value is -3.48. The van der Waals surface area contributed by atoms with Crippen molar-refractivity contribution >= 4 is 17.4 Å². The van der Waals surface area contributed by atoms with Crippen molar-refractivity contribution in [2.75, 3.05) is 43.1 Å². The monoisotopic (exact) mass is 432 g/mol. The summed E-state index contributed by atoms with van der Waals surface area (Å²) in [4.78, 5) is 26.4. The molecular formula is C25H25FN4O2. The number of anilines is 2. The first-order chi connectivity index (χ1) is 15.6. The van der Waals surface area contributed by atoms with Crippen LogP contribution in [0.5, 0.6) is 5.75 Å². The highest BCUT2D eigenvalue weighted by Gasteiger charge is 2.30. The minimum absolute atomic E-state index is 0.0182. The van der Waals surface area contributed by atoms with E-state index in [2.05, 4.69) is 26.9 Å². The Morgan fingerprint density at radius 3 is 2.41 bits per heavy atom. The van der Waals surface area contributed by atoms with Gasteiger partial charge in [0.25, 0.3) is 0 Å². The third kappa shape index (κ3) is 3.90. The summed E-state index contributed by atoms with van der Waals surface area (Å²) in [6.07, 6.45) is 2.48. The molecule has 6 nitrogen and oxygen atoms in total. The van der Waals surface area contributed by atoms with Gasteiger partial charge >= 0.3 is 0 Å². The van der Waals surface area contributed by atoms with Gasteiger partial charge in [0.15, 0.2) is 5.78 Å². The van der Waals surface area contributed by atoms with Crippen molar-refractivity contribution < 1.29 is 13.9 Å². The molecule has 1 aliphatic carbocycles. The van der Waals surface area contributed by atoms with E-state index < -0.39 is 0 Å². The van der Waals surface area contributed by atoms with E-state index in [1.165, 1.54) is 6.07 Å². The number of Topliss-reactive ketones (excluding diaryl/α,β-unsaturated/α-hetero) is 1. The average Bonchev–Trinajstić information content (AvgIpc) is 2.84. The topological polar surface area (TPSA) is 58.6 Å². The van der Waals surface area contributed by atoms with Crippen molar-refractivity contribution in [3.63, 3.8) is 0 Å². The van der Waals surface area contributed by atoms with Gasteiger partial charge in [-0.1, -0.05) is 18.2 Å². The molecule has 0 N–H and O–H groups in total. The molecule has 164 valence electrons. The zero-order valence-electron chi connectivity index (χ0n) is 18.0. The zero-order valence-corrected chi connectivity index (χ0v) is 18.0. The van der Waals surface area contributed by atoms with Crippen LogP contribution in [0, 0.1) is 5.82 Å². The van der Waals surface area contributed by atoms with Crippen LogP contribution >= 0.6 is 0 Å². The fraction of sp³-hybridized carbons (Fsp3) is 0.320. The summed E-state index contributed by atoms with van der Waals surface area (Å²) < 4.78 is 19.5. The van der Waals surface area contributed by atoms with Gasteiger partial charge in [-0.3, -0.25) is 4.79 Å². The third-order valence-corrected chi connectivity index (χ3v) is 6.37. The van der Waals surface area contributed by atoms with E-state index in [4.69, 9.17) is 9.72 Å². The lowest BCUT2D eigenvalue weighted by Gasteiger charge is -2.36. The minimum Gasteiger partial charge on any atom is -0.497 e. The van der Waals surface area contributed by atoms with E-state index in [9.17, 15) is 9.18 Å².